The summed E-state index contributed by atoms with van der Waals surface area (Å²) in [5, 5.41) is 0. The Labute approximate surface area is 319 Å². The lowest BCUT2D eigenvalue weighted by molar-refractivity contribution is 1.19. The third-order valence-corrected chi connectivity index (χ3v) is 10.2. The topological polar surface area (TPSA) is 43.1 Å². The first-order chi connectivity index (χ1) is 27.2. The van der Waals surface area contributed by atoms with Crippen LogP contribution in [0, 0.1) is 0 Å². The van der Waals surface area contributed by atoms with Gasteiger partial charge in [-0.25, -0.2) is 15.0 Å². The molecule has 0 amide bonds. The first-order valence-electron chi connectivity index (χ1n) is 18.5. The molecular weight excluding hydrogens is 669 g/mol. The summed E-state index contributed by atoms with van der Waals surface area (Å²) in [7, 11) is 0. The molecule has 0 saturated carbocycles. The van der Waals surface area contributed by atoms with Gasteiger partial charge >= 0.3 is 0 Å². The zero-order valence-corrected chi connectivity index (χ0v) is 29.9. The Morgan fingerprint density at radius 3 is 1.31 bits per heavy atom. The maximum absolute atomic E-state index is 5.14. The van der Waals surface area contributed by atoms with Crippen LogP contribution in [0.5, 0.6) is 0 Å². The Morgan fingerprint density at radius 1 is 0.273 bits per heavy atom. The maximum Gasteiger partial charge on any atom is 0.137 e. The third-order valence-electron chi connectivity index (χ3n) is 10.2. The summed E-state index contributed by atoms with van der Waals surface area (Å²) < 4.78 is 2.19. The number of hydrogen-bond donors (Lipinski definition) is 0. The lowest BCUT2D eigenvalue weighted by atomic mass is 9.92. The van der Waals surface area contributed by atoms with Crippen LogP contribution in [0.1, 0.15) is 0 Å². The van der Waals surface area contributed by atoms with Gasteiger partial charge < -0.3 is 0 Å². The molecule has 258 valence electrons. The van der Waals surface area contributed by atoms with Crippen LogP contribution in [0.3, 0.4) is 0 Å². The molecule has 10 aromatic rings. The van der Waals surface area contributed by atoms with E-state index in [1.807, 2.05) is 54.6 Å². The van der Waals surface area contributed by atoms with Gasteiger partial charge in [0, 0.05) is 28.5 Å². The number of imidazole rings is 1. The van der Waals surface area contributed by atoms with E-state index >= 15 is 0 Å². The second-order valence-electron chi connectivity index (χ2n) is 13.7. The Bertz CT molecular complexity index is 2950. The second kappa shape index (κ2) is 13.8. The van der Waals surface area contributed by atoms with E-state index in [4.69, 9.17) is 15.0 Å². The van der Waals surface area contributed by atoms with Crippen LogP contribution < -0.4 is 0 Å². The van der Waals surface area contributed by atoms with Gasteiger partial charge in [-0.2, -0.15) is 0 Å². The van der Waals surface area contributed by atoms with E-state index < -0.39 is 0 Å². The largest absolute Gasteiger partial charge is 0.299 e. The van der Waals surface area contributed by atoms with Crippen LogP contribution in [-0.2, 0) is 0 Å². The van der Waals surface area contributed by atoms with Gasteiger partial charge in [0.2, 0.25) is 0 Å². The number of benzene rings is 7. The summed E-state index contributed by atoms with van der Waals surface area (Å²) in [5.41, 5.74) is 17.6. The van der Waals surface area contributed by atoms with Crippen molar-refractivity contribution in [3.63, 3.8) is 0 Å². The van der Waals surface area contributed by atoms with Crippen LogP contribution in [0.15, 0.2) is 206 Å². The maximum atomic E-state index is 5.14. The van der Waals surface area contributed by atoms with Crippen molar-refractivity contribution >= 4 is 16.7 Å². The van der Waals surface area contributed by atoms with E-state index in [1.165, 1.54) is 5.56 Å². The molecule has 0 N–H and O–H groups in total. The van der Waals surface area contributed by atoms with E-state index in [-0.39, 0.29) is 0 Å². The predicted octanol–water partition coefficient (Wildman–Crippen LogP) is 12.9. The lowest BCUT2D eigenvalue weighted by Crippen LogP contribution is -1.95. The fraction of sp³-hybridized carbons (Fsp3) is 0. The molecule has 0 spiro atoms. The predicted molar refractivity (Wildman–Crippen MR) is 226 cm³/mol. The summed E-state index contributed by atoms with van der Waals surface area (Å²) in [6.07, 6.45) is 2.10. The van der Waals surface area contributed by atoms with Gasteiger partial charge in [0.1, 0.15) is 5.65 Å². The number of hydrogen-bond acceptors (Lipinski definition) is 3. The minimum atomic E-state index is 0.870. The summed E-state index contributed by atoms with van der Waals surface area (Å²) in [5.74, 6) is 0. The molecule has 4 heteroatoms. The summed E-state index contributed by atoms with van der Waals surface area (Å²) in [6.45, 7) is 0. The molecule has 3 heterocycles. The van der Waals surface area contributed by atoms with E-state index in [1.54, 1.807) is 0 Å². The standard InChI is InChI=1S/C51H34N4/c1-4-15-35(16-5-1)42-32-43(36-26-28-39(29-27-36)49-48(37-17-6-2-7-18-37)52-45-23-10-11-24-46(45)53-49)34-44(33-42)40-21-14-22-41(31-40)51-50(38-19-8-3-9-20-38)54-47-25-12-13-30-55(47)51/h1-34H. The SMILES string of the molecule is c1ccc(-c2cc(-c3ccc(-c4nc5ccccc5nc4-c4ccccc4)cc3)cc(-c3cccc(-c4c(-c5ccccc5)nc5ccccn45)c3)c2)cc1. The summed E-state index contributed by atoms with van der Waals surface area (Å²) >= 11 is 0. The highest BCUT2D eigenvalue weighted by Gasteiger charge is 2.18. The van der Waals surface area contributed by atoms with E-state index in [9.17, 15) is 0 Å². The van der Waals surface area contributed by atoms with Crippen LogP contribution >= 0.6 is 0 Å². The second-order valence-corrected chi connectivity index (χ2v) is 13.7. The Kier molecular flexibility index (Phi) is 8.12. The Balaban J connectivity index is 1.09. The molecule has 0 bridgehead atoms. The molecule has 3 aromatic heterocycles. The van der Waals surface area contributed by atoms with Gasteiger partial charge in [0.15, 0.2) is 0 Å². The molecule has 0 radical (unpaired) electrons. The smallest absolute Gasteiger partial charge is 0.137 e. The zero-order chi connectivity index (χ0) is 36.6. The molecule has 0 atom stereocenters. The highest BCUT2D eigenvalue weighted by Crippen LogP contribution is 2.38. The van der Waals surface area contributed by atoms with Crippen molar-refractivity contribution in [2.24, 2.45) is 0 Å². The van der Waals surface area contributed by atoms with Gasteiger partial charge in [-0.15, -0.1) is 0 Å². The zero-order valence-electron chi connectivity index (χ0n) is 29.9. The summed E-state index contributed by atoms with van der Waals surface area (Å²) in [6, 6.07) is 70.1. The van der Waals surface area contributed by atoms with Crippen LogP contribution in [-0.4, -0.2) is 19.4 Å². The van der Waals surface area contributed by atoms with Crippen LogP contribution in [0.2, 0.25) is 0 Å². The van der Waals surface area contributed by atoms with E-state index in [2.05, 4.69) is 156 Å². The molecule has 0 aliphatic rings. The normalized spacial score (nSPS) is 11.3. The first-order valence-corrected chi connectivity index (χ1v) is 18.5. The molecule has 7 aromatic carbocycles. The number of para-hydroxylation sites is 2. The monoisotopic (exact) mass is 702 g/mol. The average Bonchev–Trinajstić information content (AvgIpc) is 3.67. The van der Waals surface area contributed by atoms with Gasteiger partial charge in [0.05, 0.1) is 33.8 Å². The highest BCUT2D eigenvalue weighted by atomic mass is 15.0. The molecule has 0 aliphatic carbocycles. The van der Waals surface area contributed by atoms with Crippen LogP contribution in [0.25, 0.3) is 95.1 Å². The van der Waals surface area contributed by atoms with Gasteiger partial charge in [0.25, 0.3) is 0 Å². The molecule has 10 rings (SSSR count). The molecule has 0 unspecified atom stereocenters. The minimum absolute atomic E-state index is 0.870. The van der Waals surface area contributed by atoms with Crippen molar-refractivity contribution in [1.29, 1.82) is 0 Å². The fourth-order valence-electron chi connectivity index (χ4n) is 7.49. The molecule has 4 nitrogen and oxygen atoms in total. The average molecular weight is 703 g/mol. The van der Waals surface area contributed by atoms with Crippen molar-refractivity contribution in [1.82, 2.24) is 19.4 Å². The molecule has 0 aliphatic heterocycles. The van der Waals surface area contributed by atoms with Crippen molar-refractivity contribution in [2.45, 2.75) is 0 Å². The highest BCUT2D eigenvalue weighted by molar-refractivity contribution is 5.89. The molecule has 0 fully saturated rings. The number of fused-ring (bicyclic) bond motifs is 2. The number of rotatable bonds is 7. The number of nitrogens with zero attached hydrogens (tertiary/aromatic N) is 4. The number of aromatic nitrogens is 4. The third kappa shape index (κ3) is 6.16. The fourth-order valence-corrected chi connectivity index (χ4v) is 7.49. The Hall–Kier alpha value is -7.43. The van der Waals surface area contributed by atoms with Crippen molar-refractivity contribution < 1.29 is 0 Å². The van der Waals surface area contributed by atoms with E-state index in [0.29, 0.717) is 0 Å². The lowest BCUT2D eigenvalue weighted by Gasteiger charge is -2.14. The molecular formula is C51H34N4. The van der Waals surface area contributed by atoms with Crippen molar-refractivity contribution in [2.75, 3.05) is 0 Å². The van der Waals surface area contributed by atoms with Crippen molar-refractivity contribution in [3.05, 3.63) is 206 Å². The summed E-state index contributed by atoms with van der Waals surface area (Å²) in [4.78, 5) is 15.3. The quantitative estimate of drug-likeness (QED) is 0.166. The van der Waals surface area contributed by atoms with Crippen LogP contribution in [0.4, 0.5) is 0 Å². The van der Waals surface area contributed by atoms with Gasteiger partial charge in [-0.1, -0.05) is 152 Å². The van der Waals surface area contributed by atoms with Crippen molar-refractivity contribution in [3.8, 4) is 78.4 Å². The minimum Gasteiger partial charge on any atom is -0.299 e. The van der Waals surface area contributed by atoms with Gasteiger partial charge in [-0.3, -0.25) is 4.40 Å². The van der Waals surface area contributed by atoms with E-state index in [0.717, 1.165) is 89.5 Å². The number of pyridine rings is 1. The molecule has 0 saturated heterocycles. The molecule has 55 heavy (non-hydrogen) atoms. The van der Waals surface area contributed by atoms with Gasteiger partial charge in [-0.05, 0) is 81.9 Å². The first kappa shape index (κ1) is 32.2. The Morgan fingerprint density at radius 2 is 0.691 bits per heavy atom.